The van der Waals surface area contributed by atoms with E-state index >= 15 is 0 Å². The molecule has 1 heterocycles. The van der Waals surface area contributed by atoms with E-state index in [1.165, 1.54) is 0 Å². The Hall–Kier alpha value is -1.88. The first kappa shape index (κ1) is 13.5. The lowest BCUT2D eigenvalue weighted by Gasteiger charge is -2.19. The highest BCUT2D eigenvalue weighted by Gasteiger charge is 2.13. The van der Waals surface area contributed by atoms with Crippen LogP contribution in [0.25, 0.3) is 0 Å². The largest absolute Gasteiger partial charge is 0.381 e. The van der Waals surface area contributed by atoms with Crippen molar-refractivity contribution in [3.63, 3.8) is 0 Å². The van der Waals surface area contributed by atoms with Crippen LogP contribution in [-0.4, -0.2) is 12.0 Å². The first-order valence-corrected chi connectivity index (χ1v) is 5.92. The number of rotatable bonds is 3. The van der Waals surface area contributed by atoms with Gasteiger partial charge in [-0.05, 0) is 17.7 Å². The van der Waals surface area contributed by atoms with Crippen molar-refractivity contribution in [2.45, 2.75) is 6.54 Å². The number of nitrogen functional groups attached to an aromatic ring is 1. The summed E-state index contributed by atoms with van der Waals surface area (Å²) in [5.74, 6) is -1.92. The fourth-order valence-electron chi connectivity index (χ4n) is 1.68. The van der Waals surface area contributed by atoms with Crippen LogP contribution < -0.4 is 10.6 Å². The fraction of sp³-hybridized carbons (Fsp3) is 0.154. The van der Waals surface area contributed by atoms with Crippen LogP contribution in [0, 0.1) is 11.6 Å². The fourth-order valence-corrected chi connectivity index (χ4v) is 1.80. The highest BCUT2D eigenvalue weighted by molar-refractivity contribution is 6.30. The van der Waals surface area contributed by atoms with E-state index in [-0.39, 0.29) is 11.6 Å². The van der Waals surface area contributed by atoms with Crippen molar-refractivity contribution < 1.29 is 8.78 Å². The first-order valence-electron chi connectivity index (χ1n) is 5.54. The third kappa shape index (κ3) is 3.12. The Kier molecular flexibility index (Phi) is 3.85. The second-order valence-electron chi connectivity index (χ2n) is 4.14. The normalized spacial score (nSPS) is 10.5. The predicted molar refractivity (Wildman–Crippen MR) is 72.1 cm³/mol. The summed E-state index contributed by atoms with van der Waals surface area (Å²) >= 11 is 5.78. The molecule has 6 heteroatoms. The number of pyridine rings is 1. The SMILES string of the molecule is CN(Cc1ccc(Cl)cc1)c1nc(N)c(F)cc1F. The molecule has 100 valence electrons. The monoisotopic (exact) mass is 283 g/mol. The van der Waals surface area contributed by atoms with E-state index in [4.69, 9.17) is 17.3 Å². The van der Waals surface area contributed by atoms with Crippen molar-refractivity contribution in [2.24, 2.45) is 0 Å². The van der Waals surface area contributed by atoms with Crippen LogP contribution in [0.5, 0.6) is 0 Å². The van der Waals surface area contributed by atoms with Crippen LogP contribution in [0.4, 0.5) is 20.4 Å². The number of hydrogen-bond acceptors (Lipinski definition) is 3. The molecule has 0 radical (unpaired) electrons. The van der Waals surface area contributed by atoms with Gasteiger partial charge in [0.15, 0.2) is 23.3 Å². The Morgan fingerprint density at radius 3 is 2.47 bits per heavy atom. The molecule has 2 aromatic rings. The lowest BCUT2D eigenvalue weighted by Crippen LogP contribution is -2.20. The quantitative estimate of drug-likeness (QED) is 0.940. The summed E-state index contributed by atoms with van der Waals surface area (Å²) in [6.45, 7) is 0.409. The highest BCUT2D eigenvalue weighted by Crippen LogP contribution is 2.21. The van der Waals surface area contributed by atoms with Gasteiger partial charge in [0.25, 0.3) is 0 Å². The van der Waals surface area contributed by atoms with E-state index in [0.717, 1.165) is 11.6 Å². The van der Waals surface area contributed by atoms with Crippen molar-refractivity contribution >= 4 is 23.2 Å². The van der Waals surface area contributed by atoms with Gasteiger partial charge in [-0.1, -0.05) is 23.7 Å². The number of nitrogens with two attached hydrogens (primary N) is 1. The van der Waals surface area contributed by atoms with Gasteiger partial charge in [-0.3, -0.25) is 0 Å². The molecule has 1 aromatic heterocycles. The van der Waals surface area contributed by atoms with E-state index < -0.39 is 11.6 Å². The van der Waals surface area contributed by atoms with Gasteiger partial charge in [0.2, 0.25) is 0 Å². The standard InChI is InChI=1S/C13H12ClF2N3/c1-19(7-8-2-4-9(14)5-3-8)13-11(16)6-10(15)12(17)18-13/h2-6H,7H2,1H3,(H2,17,18). The van der Waals surface area contributed by atoms with Gasteiger partial charge in [0.05, 0.1) is 0 Å². The Balaban J connectivity index is 2.22. The van der Waals surface area contributed by atoms with Crippen molar-refractivity contribution in [1.29, 1.82) is 0 Å². The molecule has 0 fully saturated rings. The molecule has 0 amide bonds. The zero-order valence-electron chi connectivity index (χ0n) is 10.2. The molecule has 1 aromatic carbocycles. The molecule has 19 heavy (non-hydrogen) atoms. The zero-order chi connectivity index (χ0) is 14.0. The van der Waals surface area contributed by atoms with Crippen LogP contribution >= 0.6 is 11.6 Å². The number of halogens is 3. The minimum absolute atomic E-state index is 0.00819. The summed E-state index contributed by atoms with van der Waals surface area (Å²) in [6.07, 6.45) is 0. The van der Waals surface area contributed by atoms with E-state index in [1.54, 1.807) is 24.1 Å². The lowest BCUT2D eigenvalue weighted by molar-refractivity contribution is 0.574. The van der Waals surface area contributed by atoms with Crippen LogP contribution in [0.15, 0.2) is 30.3 Å². The Bertz CT molecular complexity index is 587. The maximum absolute atomic E-state index is 13.6. The second-order valence-corrected chi connectivity index (χ2v) is 4.58. The third-order valence-corrected chi connectivity index (χ3v) is 2.88. The minimum atomic E-state index is -0.860. The molecule has 0 saturated heterocycles. The van der Waals surface area contributed by atoms with Gasteiger partial charge >= 0.3 is 0 Å². The maximum Gasteiger partial charge on any atom is 0.168 e. The molecule has 0 saturated carbocycles. The molecular weight excluding hydrogens is 272 g/mol. The molecule has 0 aliphatic rings. The van der Waals surface area contributed by atoms with E-state index in [0.29, 0.717) is 11.6 Å². The number of aromatic nitrogens is 1. The molecule has 2 N–H and O–H groups in total. The summed E-state index contributed by atoms with van der Waals surface area (Å²) < 4.78 is 26.7. The van der Waals surface area contributed by atoms with E-state index in [2.05, 4.69) is 4.98 Å². The molecule has 0 aliphatic carbocycles. The Labute approximate surface area is 114 Å². The Morgan fingerprint density at radius 2 is 1.84 bits per heavy atom. The molecule has 3 nitrogen and oxygen atoms in total. The van der Waals surface area contributed by atoms with Crippen molar-refractivity contribution in [3.8, 4) is 0 Å². The summed E-state index contributed by atoms with van der Waals surface area (Å²) in [4.78, 5) is 5.26. The number of anilines is 2. The van der Waals surface area contributed by atoms with E-state index in [1.807, 2.05) is 12.1 Å². The molecule has 0 spiro atoms. The van der Waals surface area contributed by atoms with Gasteiger partial charge in [0, 0.05) is 24.7 Å². The molecule has 0 bridgehead atoms. The van der Waals surface area contributed by atoms with Crippen LogP contribution in [-0.2, 0) is 6.54 Å². The van der Waals surface area contributed by atoms with Crippen LogP contribution in [0.3, 0.4) is 0 Å². The zero-order valence-corrected chi connectivity index (χ0v) is 11.0. The number of hydrogen-bond donors (Lipinski definition) is 1. The van der Waals surface area contributed by atoms with Gasteiger partial charge in [0.1, 0.15) is 0 Å². The molecule has 0 aliphatic heterocycles. The smallest absolute Gasteiger partial charge is 0.168 e. The minimum Gasteiger partial charge on any atom is -0.381 e. The topological polar surface area (TPSA) is 42.2 Å². The predicted octanol–water partition coefficient (Wildman–Crippen LogP) is 3.23. The van der Waals surface area contributed by atoms with Gasteiger partial charge in [-0.2, -0.15) is 0 Å². The maximum atomic E-state index is 13.6. The lowest BCUT2D eigenvalue weighted by atomic mass is 10.2. The summed E-state index contributed by atoms with van der Waals surface area (Å²) in [6, 6.07) is 7.87. The summed E-state index contributed by atoms with van der Waals surface area (Å²) in [5, 5.41) is 0.627. The number of nitrogens with zero attached hydrogens (tertiary/aromatic N) is 2. The van der Waals surface area contributed by atoms with Crippen molar-refractivity contribution in [1.82, 2.24) is 4.98 Å². The summed E-state index contributed by atoms with van der Waals surface area (Å²) in [5.41, 5.74) is 6.27. The Morgan fingerprint density at radius 1 is 1.21 bits per heavy atom. The third-order valence-electron chi connectivity index (χ3n) is 2.63. The molecule has 2 rings (SSSR count). The summed E-state index contributed by atoms with van der Waals surface area (Å²) in [7, 11) is 1.65. The first-order chi connectivity index (χ1) is 8.97. The average molecular weight is 284 g/mol. The average Bonchev–Trinajstić information content (AvgIpc) is 2.36. The van der Waals surface area contributed by atoms with E-state index in [9.17, 15) is 8.78 Å². The van der Waals surface area contributed by atoms with Crippen LogP contribution in [0.2, 0.25) is 5.02 Å². The second kappa shape index (κ2) is 5.40. The van der Waals surface area contributed by atoms with Crippen LogP contribution in [0.1, 0.15) is 5.56 Å². The van der Waals surface area contributed by atoms with Crippen molar-refractivity contribution in [2.75, 3.05) is 17.7 Å². The van der Waals surface area contributed by atoms with Crippen molar-refractivity contribution in [3.05, 3.63) is 52.6 Å². The van der Waals surface area contributed by atoms with Gasteiger partial charge < -0.3 is 10.6 Å². The molecule has 0 unspecified atom stereocenters. The molecule has 0 atom stereocenters. The number of benzene rings is 1. The van der Waals surface area contributed by atoms with Gasteiger partial charge in [-0.15, -0.1) is 0 Å². The van der Waals surface area contributed by atoms with Gasteiger partial charge in [-0.25, -0.2) is 13.8 Å². The highest BCUT2D eigenvalue weighted by atomic mass is 35.5. The molecular formula is C13H12ClF2N3.